The molecule has 0 saturated carbocycles. The predicted octanol–water partition coefficient (Wildman–Crippen LogP) is 0.529. The van der Waals surface area contributed by atoms with Crippen LogP contribution in [0.15, 0.2) is 11.9 Å². The number of nitrogens with two attached hydrogens (primary N) is 1. The lowest BCUT2D eigenvalue weighted by Gasteiger charge is -2.02. The molecule has 1 aliphatic rings. The number of halogens is 1. The monoisotopic (exact) mass is 225 g/mol. The highest BCUT2D eigenvalue weighted by molar-refractivity contribution is 6.28. The Hall–Kier alpha value is -1.62. The third-order valence-corrected chi connectivity index (χ3v) is 2.35. The number of esters is 1. The van der Waals surface area contributed by atoms with Crippen LogP contribution in [0.3, 0.4) is 0 Å². The third-order valence-electron chi connectivity index (χ3n) is 2.16. The van der Waals surface area contributed by atoms with E-state index in [0.717, 1.165) is 5.56 Å². The largest absolute Gasteiger partial charge is 0.465 e. The molecule has 1 aliphatic carbocycles. The van der Waals surface area contributed by atoms with E-state index in [1.165, 1.54) is 7.11 Å². The fourth-order valence-electron chi connectivity index (χ4n) is 1.51. The molecule has 2 rings (SSSR count). The Morgan fingerprint density at radius 1 is 1.67 bits per heavy atom. The summed E-state index contributed by atoms with van der Waals surface area (Å²) in [4.78, 5) is 19.2. The number of allylic oxidation sites excluding steroid dienone is 1. The van der Waals surface area contributed by atoms with Crippen LogP contribution < -0.4 is 5.73 Å². The first-order chi connectivity index (χ1) is 7.13. The number of carbonyl (C=O) groups is 1. The number of nitrogens with zero attached hydrogens (tertiary/aromatic N) is 2. The van der Waals surface area contributed by atoms with Gasteiger partial charge in [-0.05, 0) is 11.6 Å². The van der Waals surface area contributed by atoms with Crippen molar-refractivity contribution in [3.8, 4) is 0 Å². The first-order valence-corrected chi connectivity index (χ1v) is 4.60. The van der Waals surface area contributed by atoms with Gasteiger partial charge in [0.15, 0.2) is 0 Å². The van der Waals surface area contributed by atoms with Crippen LogP contribution >= 0.6 is 11.6 Å². The summed E-state index contributed by atoms with van der Waals surface area (Å²) in [7, 11) is 1.30. The number of hydrogen-bond acceptors (Lipinski definition) is 5. The molecule has 0 fully saturated rings. The second-order valence-corrected chi connectivity index (χ2v) is 3.42. The van der Waals surface area contributed by atoms with Gasteiger partial charge in [-0.25, -0.2) is 14.8 Å². The Bertz CT molecular complexity index is 470. The molecule has 0 aromatic carbocycles. The molecule has 5 nitrogen and oxygen atoms in total. The lowest BCUT2D eigenvalue weighted by atomic mass is 10.2. The van der Waals surface area contributed by atoms with Crippen molar-refractivity contribution in [2.24, 2.45) is 5.73 Å². The van der Waals surface area contributed by atoms with E-state index in [-0.39, 0.29) is 10.9 Å². The normalized spacial score (nSPS) is 14.0. The van der Waals surface area contributed by atoms with Crippen LogP contribution in [0.1, 0.15) is 11.3 Å². The number of ether oxygens (including phenoxy) is 1. The van der Waals surface area contributed by atoms with E-state index in [1.807, 2.05) is 0 Å². The van der Waals surface area contributed by atoms with E-state index in [9.17, 15) is 4.79 Å². The Labute approximate surface area is 90.9 Å². The zero-order valence-corrected chi connectivity index (χ0v) is 8.71. The van der Waals surface area contributed by atoms with Crippen LogP contribution in [-0.2, 0) is 16.0 Å². The zero-order chi connectivity index (χ0) is 11.0. The smallest absolute Gasteiger partial charge is 0.341 e. The third kappa shape index (κ3) is 1.55. The van der Waals surface area contributed by atoms with Crippen molar-refractivity contribution in [3.63, 3.8) is 0 Å². The minimum atomic E-state index is -0.499. The molecule has 1 aromatic heterocycles. The number of hydrogen-bond donors (Lipinski definition) is 1. The van der Waals surface area contributed by atoms with E-state index in [2.05, 4.69) is 14.7 Å². The Balaban J connectivity index is 2.54. The average Bonchev–Trinajstić information content (AvgIpc) is 2.52. The lowest BCUT2D eigenvalue weighted by molar-refractivity contribution is -0.133. The summed E-state index contributed by atoms with van der Waals surface area (Å²) < 4.78 is 4.62. The van der Waals surface area contributed by atoms with Crippen LogP contribution in [0.25, 0.3) is 5.57 Å². The molecule has 15 heavy (non-hydrogen) atoms. The van der Waals surface area contributed by atoms with Crippen LogP contribution in [0, 0.1) is 0 Å². The maximum Gasteiger partial charge on any atom is 0.341 e. The maximum absolute atomic E-state index is 11.4. The van der Waals surface area contributed by atoms with Crippen molar-refractivity contribution >= 4 is 23.1 Å². The molecule has 0 saturated heterocycles. The quantitative estimate of drug-likeness (QED) is 0.557. The fraction of sp³-hybridized carbons (Fsp3) is 0.222. The molecule has 1 aromatic rings. The minimum absolute atomic E-state index is 0.0878. The number of rotatable bonds is 1. The first-order valence-electron chi connectivity index (χ1n) is 4.22. The molecule has 0 radical (unpaired) electrons. The molecule has 78 valence electrons. The number of methoxy groups -OCH3 is 1. The van der Waals surface area contributed by atoms with E-state index in [1.54, 1.807) is 6.20 Å². The van der Waals surface area contributed by atoms with Gasteiger partial charge in [0.1, 0.15) is 5.57 Å². The molecule has 0 atom stereocenters. The molecule has 6 heteroatoms. The van der Waals surface area contributed by atoms with E-state index in [4.69, 9.17) is 17.3 Å². The van der Waals surface area contributed by atoms with Gasteiger partial charge in [0.2, 0.25) is 5.28 Å². The topological polar surface area (TPSA) is 78.1 Å². The molecule has 0 aliphatic heterocycles. The van der Waals surface area contributed by atoms with Gasteiger partial charge in [-0.2, -0.15) is 0 Å². The highest BCUT2D eigenvalue weighted by atomic mass is 35.5. The summed E-state index contributed by atoms with van der Waals surface area (Å²) in [6.45, 7) is 0. The molecule has 0 amide bonds. The SMILES string of the molecule is COC(=O)C1=C(N)Cc2cnc(Cl)nc21. The fourth-order valence-corrected chi connectivity index (χ4v) is 1.64. The van der Waals surface area contributed by atoms with Crippen LogP contribution in [-0.4, -0.2) is 23.0 Å². The van der Waals surface area contributed by atoms with Crippen molar-refractivity contribution in [2.75, 3.05) is 7.11 Å². The molecule has 2 N–H and O–H groups in total. The average molecular weight is 226 g/mol. The van der Waals surface area contributed by atoms with Crippen molar-refractivity contribution in [1.82, 2.24) is 9.97 Å². The number of fused-ring (bicyclic) bond motifs is 1. The molecule has 1 heterocycles. The lowest BCUT2D eigenvalue weighted by Crippen LogP contribution is -2.08. The second-order valence-electron chi connectivity index (χ2n) is 3.08. The van der Waals surface area contributed by atoms with Gasteiger partial charge >= 0.3 is 5.97 Å². The predicted molar refractivity (Wildman–Crippen MR) is 53.9 cm³/mol. The molecule has 0 bridgehead atoms. The number of carbonyl (C=O) groups excluding carboxylic acids is 1. The van der Waals surface area contributed by atoms with Crippen LogP contribution in [0.4, 0.5) is 0 Å². The standard InChI is InChI=1S/C9H8ClN3O2/c1-15-8(14)6-5(11)2-4-3-12-9(10)13-7(4)6/h3H,2,11H2,1H3. The van der Waals surface area contributed by atoms with E-state index >= 15 is 0 Å². The Morgan fingerprint density at radius 2 is 2.40 bits per heavy atom. The number of aromatic nitrogens is 2. The van der Waals surface area contributed by atoms with Gasteiger partial charge in [-0.1, -0.05) is 0 Å². The summed E-state index contributed by atoms with van der Waals surface area (Å²) in [6.07, 6.45) is 2.02. The van der Waals surface area contributed by atoms with Gasteiger partial charge in [0.05, 0.1) is 12.8 Å². The van der Waals surface area contributed by atoms with Gasteiger partial charge in [0.25, 0.3) is 0 Å². The first kappa shape index (κ1) is 9.92. The van der Waals surface area contributed by atoms with Gasteiger partial charge in [0, 0.05) is 23.9 Å². The Kier molecular flexibility index (Phi) is 2.32. The summed E-state index contributed by atoms with van der Waals surface area (Å²) in [5.74, 6) is -0.499. The van der Waals surface area contributed by atoms with Crippen molar-refractivity contribution in [1.29, 1.82) is 0 Å². The maximum atomic E-state index is 11.4. The summed E-state index contributed by atoms with van der Waals surface area (Å²) in [5, 5.41) is 0.0878. The van der Waals surface area contributed by atoms with Crippen molar-refractivity contribution < 1.29 is 9.53 Å². The van der Waals surface area contributed by atoms with Gasteiger partial charge < -0.3 is 10.5 Å². The Morgan fingerprint density at radius 3 is 3.07 bits per heavy atom. The van der Waals surface area contributed by atoms with E-state index in [0.29, 0.717) is 17.8 Å². The summed E-state index contributed by atoms with van der Waals surface area (Å²) in [5.41, 5.74) is 7.71. The van der Waals surface area contributed by atoms with Crippen molar-refractivity contribution in [3.05, 3.63) is 28.4 Å². The van der Waals surface area contributed by atoms with Crippen LogP contribution in [0.5, 0.6) is 0 Å². The zero-order valence-electron chi connectivity index (χ0n) is 7.95. The van der Waals surface area contributed by atoms with Crippen LogP contribution in [0.2, 0.25) is 5.28 Å². The molecule has 0 spiro atoms. The highest BCUT2D eigenvalue weighted by Crippen LogP contribution is 2.29. The molecular formula is C9H8ClN3O2. The molecule has 0 unspecified atom stereocenters. The highest BCUT2D eigenvalue weighted by Gasteiger charge is 2.28. The molecular weight excluding hydrogens is 218 g/mol. The van der Waals surface area contributed by atoms with Crippen molar-refractivity contribution in [2.45, 2.75) is 6.42 Å². The summed E-state index contributed by atoms with van der Waals surface area (Å²) in [6, 6.07) is 0. The second kappa shape index (κ2) is 3.51. The van der Waals surface area contributed by atoms with E-state index < -0.39 is 5.97 Å². The van der Waals surface area contributed by atoms with Gasteiger partial charge in [-0.15, -0.1) is 0 Å². The summed E-state index contributed by atoms with van der Waals surface area (Å²) >= 11 is 5.65. The minimum Gasteiger partial charge on any atom is -0.465 e. The van der Waals surface area contributed by atoms with Gasteiger partial charge in [-0.3, -0.25) is 0 Å².